The molecule has 116 valence electrons. The Morgan fingerprint density at radius 2 is 2.29 bits per heavy atom. The van der Waals surface area contributed by atoms with Gasteiger partial charge in [-0.2, -0.15) is 0 Å². The molecule has 0 spiro atoms. The van der Waals surface area contributed by atoms with E-state index in [2.05, 4.69) is 21.7 Å². The molecular formula is C15H24N4O2. The van der Waals surface area contributed by atoms with E-state index >= 15 is 0 Å². The number of hydrogen-bond acceptors (Lipinski definition) is 5. The second kappa shape index (κ2) is 7.95. The third kappa shape index (κ3) is 5.69. The van der Waals surface area contributed by atoms with E-state index in [0.29, 0.717) is 19.2 Å². The van der Waals surface area contributed by atoms with E-state index in [4.69, 9.17) is 4.74 Å². The molecule has 0 bridgehead atoms. The second-order valence-electron chi connectivity index (χ2n) is 5.38. The van der Waals surface area contributed by atoms with E-state index in [1.165, 1.54) is 18.4 Å². The van der Waals surface area contributed by atoms with Gasteiger partial charge in [0, 0.05) is 39.5 Å². The fourth-order valence-corrected chi connectivity index (χ4v) is 1.94. The molecule has 1 amide bonds. The highest BCUT2D eigenvalue weighted by molar-refractivity contribution is 5.80. The number of likely N-dealkylation sites (N-methyl/N-ethyl adjacent to an activating group) is 1. The lowest BCUT2D eigenvalue weighted by molar-refractivity contribution is -0.119. The van der Waals surface area contributed by atoms with Gasteiger partial charge in [0.1, 0.15) is 5.82 Å². The summed E-state index contributed by atoms with van der Waals surface area (Å²) >= 11 is 0. The smallest absolute Gasteiger partial charge is 0.239 e. The Labute approximate surface area is 125 Å². The Morgan fingerprint density at radius 3 is 2.90 bits per heavy atom. The number of amides is 1. The number of carbonyl (C=O) groups is 1. The maximum atomic E-state index is 11.7. The summed E-state index contributed by atoms with van der Waals surface area (Å²) in [5.41, 5.74) is 1.17. The Bertz CT molecular complexity index is 445. The van der Waals surface area contributed by atoms with Crippen LogP contribution in [0.1, 0.15) is 18.4 Å². The van der Waals surface area contributed by atoms with Gasteiger partial charge in [-0.05, 0) is 24.5 Å². The van der Waals surface area contributed by atoms with Gasteiger partial charge >= 0.3 is 0 Å². The molecule has 6 nitrogen and oxygen atoms in total. The molecule has 1 aromatic heterocycles. The molecule has 1 heterocycles. The molecule has 6 heteroatoms. The summed E-state index contributed by atoms with van der Waals surface area (Å²) in [6.45, 7) is 2.20. The summed E-state index contributed by atoms with van der Waals surface area (Å²) in [7, 11) is 3.47. The first-order valence-electron chi connectivity index (χ1n) is 7.34. The topological polar surface area (TPSA) is 66.5 Å². The van der Waals surface area contributed by atoms with Crippen molar-refractivity contribution in [1.82, 2.24) is 15.6 Å². The zero-order chi connectivity index (χ0) is 15.1. The average molecular weight is 292 g/mol. The van der Waals surface area contributed by atoms with Crippen molar-refractivity contribution in [3.8, 4) is 0 Å². The summed E-state index contributed by atoms with van der Waals surface area (Å²) in [4.78, 5) is 17.9. The van der Waals surface area contributed by atoms with Crippen molar-refractivity contribution in [2.45, 2.75) is 25.4 Å². The van der Waals surface area contributed by atoms with E-state index in [-0.39, 0.29) is 12.5 Å². The highest BCUT2D eigenvalue weighted by Crippen LogP contribution is 2.19. The van der Waals surface area contributed by atoms with E-state index in [9.17, 15) is 4.79 Å². The first-order chi connectivity index (χ1) is 10.2. The van der Waals surface area contributed by atoms with Crippen LogP contribution >= 0.6 is 0 Å². The minimum atomic E-state index is -0.0316. The fourth-order valence-electron chi connectivity index (χ4n) is 1.94. The van der Waals surface area contributed by atoms with Gasteiger partial charge in [-0.1, -0.05) is 6.07 Å². The molecule has 0 aliphatic heterocycles. The zero-order valence-electron chi connectivity index (χ0n) is 12.8. The largest absolute Gasteiger partial charge is 0.383 e. The van der Waals surface area contributed by atoms with Crippen molar-refractivity contribution < 1.29 is 9.53 Å². The minimum absolute atomic E-state index is 0.0316. The molecule has 0 atom stereocenters. The van der Waals surface area contributed by atoms with E-state index in [0.717, 1.165) is 12.4 Å². The van der Waals surface area contributed by atoms with Crippen LogP contribution in [0.25, 0.3) is 0 Å². The summed E-state index contributed by atoms with van der Waals surface area (Å²) in [5, 5.41) is 6.24. The molecule has 0 radical (unpaired) electrons. The molecule has 1 saturated carbocycles. The predicted molar refractivity (Wildman–Crippen MR) is 82.3 cm³/mol. The van der Waals surface area contributed by atoms with Crippen LogP contribution in [-0.4, -0.2) is 50.8 Å². The molecule has 0 unspecified atom stereocenters. The number of ether oxygens (including phenoxy) is 1. The number of rotatable bonds is 9. The third-order valence-corrected chi connectivity index (χ3v) is 3.38. The number of aromatic nitrogens is 1. The van der Waals surface area contributed by atoms with Crippen molar-refractivity contribution >= 4 is 11.7 Å². The highest BCUT2D eigenvalue weighted by atomic mass is 16.5. The predicted octanol–water partition coefficient (Wildman–Crippen LogP) is 0.532. The first kappa shape index (κ1) is 15.7. The van der Waals surface area contributed by atoms with Crippen LogP contribution in [0.2, 0.25) is 0 Å². The van der Waals surface area contributed by atoms with E-state index in [1.807, 2.05) is 24.2 Å². The molecule has 1 fully saturated rings. The van der Waals surface area contributed by atoms with E-state index < -0.39 is 0 Å². The molecule has 1 aromatic rings. The zero-order valence-corrected chi connectivity index (χ0v) is 12.8. The SMILES string of the molecule is COCCNC(=O)CN(C)c1ccc(CNC2CC2)cn1. The quantitative estimate of drug-likeness (QED) is 0.650. The Morgan fingerprint density at radius 1 is 1.48 bits per heavy atom. The Balaban J connectivity index is 1.75. The van der Waals surface area contributed by atoms with Crippen molar-refractivity contribution in [2.75, 3.05) is 38.8 Å². The highest BCUT2D eigenvalue weighted by Gasteiger charge is 2.19. The number of carbonyl (C=O) groups excluding carboxylic acids is 1. The van der Waals surface area contributed by atoms with Gasteiger partial charge in [0.05, 0.1) is 13.2 Å². The van der Waals surface area contributed by atoms with Crippen LogP contribution in [0.3, 0.4) is 0 Å². The van der Waals surface area contributed by atoms with Gasteiger partial charge in [0.2, 0.25) is 5.91 Å². The average Bonchev–Trinajstić information content (AvgIpc) is 3.30. The number of methoxy groups -OCH3 is 1. The molecule has 1 aliphatic rings. The number of hydrogen-bond donors (Lipinski definition) is 2. The van der Waals surface area contributed by atoms with Gasteiger partial charge in [0.25, 0.3) is 0 Å². The summed E-state index contributed by atoms with van der Waals surface area (Å²) in [5.74, 6) is 0.767. The summed E-state index contributed by atoms with van der Waals surface area (Å²) < 4.78 is 4.89. The third-order valence-electron chi connectivity index (χ3n) is 3.38. The van der Waals surface area contributed by atoms with Crippen molar-refractivity contribution in [1.29, 1.82) is 0 Å². The van der Waals surface area contributed by atoms with Gasteiger partial charge in [-0.25, -0.2) is 4.98 Å². The van der Waals surface area contributed by atoms with Crippen LogP contribution in [0.15, 0.2) is 18.3 Å². The summed E-state index contributed by atoms with van der Waals surface area (Å²) in [6.07, 6.45) is 4.43. The molecule has 2 rings (SSSR count). The molecule has 0 aromatic carbocycles. The molecule has 1 aliphatic carbocycles. The standard InChI is InChI=1S/C15H24N4O2/c1-19(11-15(20)16-7-8-21-2)14-6-3-12(10-18-14)9-17-13-4-5-13/h3,6,10,13,17H,4-5,7-9,11H2,1-2H3,(H,16,20). The number of anilines is 1. The number of nitrogens with one attached hydrogen (secondary N) is 2. The van der Waals surface area contributed by atoms with Crippen LogP contribution in [0, 0.1) is 0 Å². The number of pyridine rings is 1. The first-order valence-corrected chi connectivity index (χ1v) is 7.34. The monoisotopic (exact) mass is 292 g/mol. The minimum Gasteiger partial charge on any atom is -0.383 e. The lowest BCUT2D eigenvalue weighted by Gasteiger charge is -2.18. The maximum Gasteiger partial charge on any atom is 0.239 e. The van der Waals surface area contributed by atoms with E-state index in [1.54, 1.807) is 7.11 Å². The fraction of sp³-hybridized carbons (Fsp3) is 0.600. The second-order valence-corrected chi connectivity index (χ2v) is 5.38. The van der Waals surface area contributed by atoms with Crippen LogP contribution in [0.4, 0.5) is 5.82 Å². The van der Waals surface area contributed by atoms with Crippen molar-refractivity contribution in [3.05, 3.63) is 23.9 Å². The maximum absolute atomic E-state index is 11.7. The van der Waals surface area contributed by atoms with Gasteiger partial charge in [-0.15, -0.1) is 0 Å². The van der Waals surface area contributed by atoms with Gasteiger partial charge in [0.15, 0.2) is 0 Å². The normalized spacial score (nSPS) is 14.0. The van der Waals surface area contributed by atoms with Crippen LogP contribution < -0.4 is 15.5 Å². The van der Waals surface area contributed by atoms with Gasteiger partial charge < -0.3 is 20.3 Å². The summed E-state index contributed by atoms with van der Waals surface area (Å²) in [6, 6.07) is 4.70. The lowest BCUT2D eigenvalue weighted by Crippen LogP contribution is -2.37. The lowest BCUT2D eigenvalue weighted by atomic mass is 10.2. The van der Waals surface area contributed by atoms with Crippen molar-refractivity contribution in [2.24, 2.45) is 0 Å². The molecular weight excluding hydrogens is 268 g/mol. The Kier molecular flexibility index (Phi) is 5.95. The van der Waals surface area contributed by atoms with Crippen LogP contribution in [0.5, 0.6) is 0 Å². The molecule has 2 N–H and O–H groups in total. The van der Waals surface area contributed by atoms with Gasteiger partial charge in [-0.3, -0.25) is 4.79 Å². The van der Waals surface area contributed by atoms with Crippen LogP contribution in [-0.2, 0) is 16.1 Å². The molecule has 0 saturated heterocycles. The number of nitrogens with zero attached hydrogens (tertiary/aromatic N) is 2. The Hall–Kier alpha value is -1.66. The molecule has 21 heavy (non-hydrogen) atoms. The van der Waals surface area contributed by atoms with Crippen molar-refractivity contribution in [3.63, 3.8) is 0 Å².